The van der Waals surface area contributed by atoms with Gasteiger partial charge in [0.1, 0.15) is 17.7 Å². The van der Waals surface area contributed by atoms with Gasteiger partial charge >= 0.3 is 0 Å². The fraction of sp³-hybridized carbons (Fsp3) is 0.286. The van der Waals surface area contributed by atoms with E-state index in [1.807, 2.05) is 13.1 Å². The summed E-state index contributed by atoms with van der Waals surface area (Å²) >= 11 is 0. The SMILES string of the molecule is Cc1ncc2c(n1)CN(c1ncccc1C#N)CC2. The molecular weight excluding hydrogens is 238 g/mol. The van der Waals surface area contributed by atoms with E-state index in [2.05, 4.69) is 25.9 Å². The fourth-order valence-corrected chi connectivity index (χ4v) is 2.32. The van der Waals surface area contributed by atoms with Gasteiger partial charge in [0.25, 0.3) is 0 Å². The average Bonchev–Trinajstić information content (AvgIpc) is 2.46. The van der Waals surface area contributed by atoms with Crippen LogP contribution in [-0.2, 0) is 13.0 Å². The number of fused-ring (bicyclic) bond motifs is 1. The van der Waals surface area contributed by atoms with Crippen LogP contribution in [0.2, 0.25) is 0 Å². The average molecular weight is 251 g/mol. The predicted octanol–water partition coefficient (Wildman–Crippen LogP) is 1.61. The minimum atomic E-state index is 0.608. The highest BCUT2D eigenvalue weighted by Crippen LogP contribution is 2.23. The first-order chi connectivity index (χ1) is 9.28. The maximum Gasteiger partial charge on any atom is 0.146 e. The Hall–Kier alpha value is -2.48. The summed E-state index contributed by atoms with van der Waals surface area (Å²) in [7, 11) is 0. The predicted molar refractivity (Wildman–Crippen MR) is 70.5 cm³/mol. The molecule has 0 saturated heterocycles. The zero-order valence-electron chi connectivity index (χ0n) is 10.7. The topological polar surface area (TPSA) is 65.7 Å². The molecule has 0 aliphatic carbocycles. The van der Waals surface area contributed by atoms with Gasteiger partial charge in [0.15, 0.2) is 0 Å². The van der Waals surface area contributed by atoms with Gasteiger partial charge in [-0.3, -0.25) is 0 Å². The molecule has 0 amide bonds. The van der Waals surface area contributed by atoms with Crippen LogP contribution in [0.25, 0.3) is 0 Å². The van der Waals surface area contributed by atoms with Crippen molar-refractivity contribution in [1.29, 1.82) is 5.26 Å². The van der Waals surface area contributed by atoms with E-state index in [1.165, 1.54) is 5.56 Å². The Labute approximate surface area is 111 Å². The van der Waals surface area contributed by atoms with Crippen LogP contribution >= 0.6 is 0 Å². The van der Waals surface area contributed by atoms with Crippen molar-refractivity contribution in [1.82, 2.24) is 15.0 Å². The lowest BCUT2D eigenvalue weighted by Crippen LogP contribution is -2.32. The van der Waals surface area contributed by atoms with Crippen LogP contribution in [0.15, 0.2) is 24.5 Å². The molecule has 0 spiro atoms. The van der Waals surface area contributed by atoms with Gasteiger partial charge in [-0.1, -0.05) is 0 Å². The third kappa shape index (κ3) is 2.13. The van der Waals surface area contributed by atoms with Crippen LogP contribution in [0.1, 0.15) is 22.6 Å². The first kappa shape index (κ1) is 11.6. The maximum absolute atomic E-state index is 9.15. The lowest BCUT2D eigenvalue weighted by atomic mass is 10.1. The standard InChI is InChI=1S/C14H13N5/c1-10-17-8-12-4-6-19(9-13(12)18-10)14-11(7-15)3-2-5-16-14/h2-3,5,8H,4,6,9H2,1H3. The van der Waals surface area contributed by atoms with Gasteiger partial charge in [0, 0.05) is 18.9 Å². The van der Waals surface area contributed by atoms with Crippen molar-refractivity contribution in [2.45, 2.75) is 19.9 Å². The molecule has 2 aromatic heterocycles. The summed E-state index contributed by atoms with van der Waals surface area (Å²) in [6.07, 6.45) is 4.51. The Morgan fingerprint density at radius 2 is 2.26 bits per heavy atom. The molecule has 94 valence electrons. The van der Waals surface area contributed by atoms with E-state index in [1.54, 1.807) is 18.3 Å². The monoisotopic (exact) mass is 251 g/mol. The molecule has 0 unspecified atom stereocenters. The Morgan fingerprint density at radius 1 is 1.37 bits per heavy atom. The van der Waals surface area contributed by atoms with Gasteiger partial charge in [-0.15, -0.1) is 0 Å². The van der Waals surface area contributed by atoms with E-state index in [4.69, 9.17) is 5.26 Å². The van der Waals surface area contributed by atoms with E-state index < -0.39 is 0 Å². The number of nitrogens with zero attached hydrogens (tertiary/aromatic N) is 5. The molecule has 0 aromatic carbocycles. The third-order valence-electron chi connectivity index (χ3n) is 3.27. The smallest absolute Gasteiger partial charge is 0.146 e. The molecule has 0 fully saturated rings. The molecule has 5 heteroatoms. The van der Waals surface area contributed by atoms with Gasteiger partial charge in [-0.05, 0) is 31.0 Å². The minimum absolute atomic E-state index is 0.608. The molecule has 0 bridgehead atoms. The largest absolute Gasteiger partial charge is 0.349 e. The fourth-order valence-electron chi connectivity index (χ4n) is 2.32. The first-order valence-electron chi connectivity index (χ1n) is 6.19. The van der Waals surface area contributed by atoms with Crippen molar-refractivity contribution in [3.8, 4) is 6.07 Å². The first-order valence-corrected chi connectivity index (χ1v) is 6.19. The van der Waals surface area contributed by atoms with Gasteiger partial charge in [0.2, 0.25) is 0 Å². The van der Waals surface area contributed by atoms with Crippen molar-refractivity contribution >= 4 is 5.82 Å². The summed E-state index contributed by atoms with van der Waals surface area (Å²) in [5.74, 6) is 1.52. The zero-order valence-corrected chi connectivity index (χ0v) is 10.7. The summed E-state index contributed by atoms with van der Waals surface area (Å²) < 4.78 is 0. The van der Waals surface area contributed by atoms with E-state index in [0.29, 0.717) is 12.1 Å². The van der Waals surface area contributed by atoms with Crippen molar-refractivity contribution in [3.63, 3.8) is 0 Å². The lowest BCUT2D eigenvalue weighted by Gasteiger charge is -2.29. The van der Waals surface area contributed by atoms with Crippen molar-refractivity contribution in [3.05, 3.63) is 47.2 Å². The second-order valence-electron chi connectivity index (χ2n) is 4.55. The van der Waals surface area contributed by atoms with Crippen LogP contribution in [0.3, 0.4) is 0 Å². The van der Waals surface area contributed by atoms with Gasteiger partial charge in [-0.2, -0.15) is 5.26 Å². The Bertz CT molecular complexity index is 659. The molecule has 3 rings (SSSR count). The van der Waals surface area contributed by atoms with Crippen molar-refractivity contribution in [2.24, 2.45) is 0 Å². The summed E-state index contributed by atoms with van der Waals surface area (Å²) in [6, 6.07) is 5.77. The van der Waals surface area contributed by atoms with E-state index in [-0.39, 0.29) is 0 Å². The number of pyridine rings is 1. The third-order valence-corrected chi connectivity index (χ3v) is 3.27. The number of aromatic nitrogens is 3. The minimum Gasteiger partial charge on any atom is -0.349 e. The Kier molecular flexibility index (Phi) is 2.84. The molecule has 19 heavy (non-hydrogen) atoms. The number of hydrogen-bond donors (Lipinski definition) is 0. The van der Waals surface area contributed by atoms with Crippen LogP contribution < -0.4 is 4.90 Å². The highest BCUT2D eigenvalue weighted by molar-refractivity contribution is 5.54. The number of aryl methyl sites for hydroxylation is 1. The normalized spacial score (nSPS) is 13.8. The van der Waals surface area contributed by atoms with Crippen LogP contribution in [0.5, 0.6) is 0 Å². The number of hydrogen-bond acceptors (Lipinski definition) is 5. The molecule has 0 N–H and O–H groups in total. The van der Waals surface area contributed by atoms with E-state index in [9.17, 15) is 0 Å². The van der Waals surface area contributed by atoms with Crippen LogP contribution in [-0.4, -0.2) is 21.5 Å². The second kappa shape index (κ2) is 4.65. The maximum atomic E-state index is 9.15. The van der Waals surface area contributed by atoms with Gasteiger partial charge in [0.05, 0.1) is 17.8 Å². The summed E-state index contributed by atoms with van der Waals surface area (Å²) in [4.78, 5) is 15.1. The van der Waals surface area contributed by atoms with Crippen LogP contribution in [0.4, 0.5) is 5.82 Å². The molecule has 1 aliphatic heterocycles. The van der Waals surface area contributed by atoms with Crippen LogP contribution in [0, 0.1) is 18.3 Å². The number of anilines is 1. The van der Waals surface area contributed by atoms with Gasteiger partial charge in [-0.25, -0.2) is 15.0 Å². The van der Waals surface area contributed by atoms with Crippen molar-refractivity contribution < 1.29 is 0 Å². The Morgan fingerprint density at radius 3 is 3.11 bits per heavy atom. The quantitative estimate of drug-likeness (QED) is 0.770. The molecule has 0 saturated carbocycles. The molecule has 5 nitrogen and oxygen atoms in total. The molecule has 2 aromatic rings. The summed E-state index contributed by atoms with van der Waals surface area (Å²) in [5.41, 5.74) is 2.83. The number of nitriles is 1. The molecule has 3 heterocycles. The van der Waals surface area contributed by atoms with E-state index in [0.717, 1.165) is 30.3 Å². The zero-order chi connectivity index (χ0) is 13.2. The number of rotatable bonds is 1. The molecule has 0 radical (unpaired) electrons. The van der Waals surface area contributed by atoms with Gasteiger partial charge < -0.3 is 4.90 Å². The summed E-state index contributed by atoms with van der Waals surface area (Å²) in [6.45, 7) is 3.41. The Balaban J connectivity index is 1.96. The highest BCUT2D eigenvalue weighted by atomic mass is 15.2. The lowest BCUT2D eigenvalue weighted by molar-refractivity contribution is 0.688. The van der Waals surface area contributed by atoms with E-state index >= 15 is 0 Å². The molecule has 1 aliphatic rings. The van der Waals surface area contributed by atoms with Crippen molar-refractivity contribution in [2.75, 3.05) is 11.4 Å². The summed E-state index contributed by atoms with van der Waals surface area (Å²) in [5, 5.41) is 9.15. The second-order valence-corrected chi connectivity index (χ2v) is 4.55. The molecule has 0 atom stereocenters. The molecular formula is C14H13N5. The highest BCUT2D eigenvalue weighted by Gasteiger charge is 2.20.